The van der Waals surface area contributed by atoms with Gasteiger partial charge in [-0.3, -0.25) is 4.68 Å². The topological polar surface area (TPSA) is 83.6 Å². The number of nitrogens with zero attached hydrogens (tertiary/aromatic N) is 5. The lowest BCUT2D eigenvalue weighted by Gasteiger charge is -2.34. The van der Waals surface area contributed by atoms with E-state index in [1.54, 1.807) is 4.68 Å². The normalized spacial score (nSPS) is 18.3. The zero-order valence-electron chi connectivity index (χ0n) is 23.6. The number of halogens is 4. The first-order chi connectivity index (χ1) is 20.4. The van der Waals surface area contributed by atoms with Crippen LogP contribution < -0.4 is 0 Å². The Morgan fingerprint density at radius 2 is 1.77 bits per heavy atom. The van der Waals surface area contributed by atoms with E-state index in [2.05, 4.69) is 21.7 Å². The molecule has 6 rings (SSSR count). The number of rotatable bonds is 7. The fraction of sp³-hybridized carbons (Fsp3) is 0.433. The molecule has 1 unspecified atom stereocenters. The van der Waals surface area contributed by atoms with Gasteiger partial charge in [0.05, 0.1) is 30.2 Å². The van der Waals surface area contributed by atoms with E-state index in [1.165, 1.54) is 16.4 Å². The molecule has 2 aromatic carbocycles. The number of hydrogen-bond donors (Lipinski definition) is 1. The van der Waals surface area contributed by atoms with Gasteiger partial charge in [0.15, 0.2) is 0 Å². The van der Waals surface area contributed by atoms with E-state index in [4.69, 9.17) is 16.7 Å². The molecule has 1 N–H and O–H groups in total. The molecule has 4 heterocycles. The number of alkyl halides is 3. The Balaban J connectivity index is 1.16. The molecule has 0 radical (unpaired) electrons. The molecule has 1 fully saturated rings. The molecule has 230 valence electrons. The number of aromatic nitrogens is 3. The largest absolute Gasteiger partial charge is 0.416 e. The fourth-order valence-electron chi connectivity index (χ4n) is 6.33. The summed E-state index contributed by atoms with van der Waals surface area (Å²) < 4.78 is 69.4. The molecule has 8 nitrogen and oxygen atoms in total. The lowest BCUT2D eigenvalue weighted by molar-refractivity contribution is -0.137. The van der Waals surface area contributed by atoms with Crippen LogP contribution in [0.15, 0.2) is 54.7 Å². The number of piperidine rings is 1. The van der Waals surface area contributed by atoms with Crippen molar-refractivity contribution >= 4 is 32.5 Å². The lowest BCUT2D eigenvalue weighted by atomic mass is 10.0. The Hall–Kier alpha value is -2.90. The average Bonchev–Trinajstić information content (AvgIpc) is 3.53. The van der Waals surface area contributed by atoms with Crippen LogP contribution in [-0.4, -0.2) is 75.6 Å². The van der Waals surface area contributed by atoms with Crippen LogP contribution in [0.2, 0.25) is 5.02 Å². The summed E-state index contributed by atoms with van der Waals surface area (Å²) in [5.41, 5.74) is 2.70. The summed E-state index contributed by atoms with van der Waals surface area (Å²) >= 11 is 6.24. The second-order valence-corrected chi connectivity index (χ2v) is 13.9. The molecule has 2 aromatic heterocycles. The van der Waals surface area contributed by atoms with Crippen LogP contribution in [-0.2, 0) is 35.7 Å². The maximum Gasteiger partial charge on any atom is 0.416 e. The third-order valence-corrected chi connectivity index (χ3v) is 10.0. The molecule has 1 atom stereocenters. The van der Waals surface area contributed by atoms with E-state index in [9.17, 15) is 26.7 Å². The molecule has 1 saturated heterocycles. The highest BCUT2D eigenvalue weighted by Gasteiger charge is 2.33. The van der Waals surface area contributed by atoms with Crippen LogP contribution in [0.5, 0.6) is 0 Å². The van der Waals surface area contributed by atoms with E-state index >= 15 is 0 Å². The second-order valence-electron chi connectivity index (χ2n) is 11.5. The summed E-state index contributed by atoms with van der Waals surface area (Å²) in [6, 6.07) is 13.1. The van der Waals surface area contributed by atoms with Crippen molar-refractivity contribution in [2.24, 2.45) is 0 Å². The van der Waals surface area contributed by atoms with E-state index < -0.39 is 27.9 Å². The minimum absolute atomic E-state index is 0.0768. The third kappa shape index (κ3) is 6.34. The smallest absolute Gasteiger partial charge is 0.390 e. The van der Waals surface area contributed by atoms with E-state index in [-0.39, 0.29) is 19.6 Å². The lowest BCUT2D eigenvalue weighted by Crippen LogP contribution is -2.41. The Kier molecular flexibility index (Phi) is 8.10. The van der Waals surface area contributed by atoms with Gasteiger partial charge in [-0.25, -0.2) is 8.42 Å². The van der Waals surface area contributed by atoms with Gasteiger partial charge in [0.1, 0.15) is 0 Å². The van der Waals surface area contributed by atoms with Crippen molar-refractivity contribution in [1.82, 2.24) is 23.6 Å². The monoisotopic (exact) mass is 635 g/mol. The number of sulfonamides is 1. The van der Waals surface area contributed by atoms with Crippen molar-refractivity contribution in [2.75, 3.05) is 32.4 Å². The van der Waals surface area contributed by atoms with E-state index in [0.29, 0.717) is 40.9 Å². The minimum Gasteiger partial charge on any atom is -0.390 e. The number of benzene rings is 2. The Morgan fingerprint density at radius 3 is 2.44 bits per heavy atom. The number of aliphatic hydroxyl groups excluding tert-OH is 1. The van der Waals surface area contributed by atoms with Gasteiger partial charge in [-0.2, -0.15) is 22.6 Å². The van der Waals surface area contributed by atoms with E-state index in [0.717, 1.165) is 60.9 Å². The second kappa shape index (κ2) is 11.6. The van der Waals surface area contributed by atoms with Crippen molar-refractivity contribution in [3.63, 3.8) is 0 Å². The summed E-state index contributed by atoms with van der Waals surface area (Å²) in [7, 11) is -3.48. The highest BCUT2D eigenvalue weighted by molar-refractivity contribution is 7.88. The van der Waals surface area contributed by atoms with Gasteiger partial charge in [-0.1, -0.05) is 29.8 Å². The molecule has 2 aliphatic rings. The molecule has 13 heteroatoms. The standard InChI is InChI=1S/C30H33ClF3N5O3S/c1-43(41,42)37-14-11-27-26(19-37)29(21-2-5-22(6-3-21)30(32,33)34)35-39(27)18-25(40)17-36-12-9-24(10-13-36)38-15-8-20-4-7-23(31)16-28(20)38/h2-8,15-16,24-25,40H,9-14,17-19H2,1H3. The Morgan fingerprint density at radius 1 is 1.05 bits per heavy atom. The molecular formula is C30H33ClF3N5O3S. The van der Waals surface area contributed by atoms with Crippen molar-refractivity contribution in [1.29, 1.82) is 0 Å². The predicted molar refractivity (Wildman–Crippen MR) is 159 cm³/mol. The van der Waals surface area contributed by atoms with Crippen LogP contribution in [0.3, 0.4) is 0 Å². The Labute approximate surface area is 253 Å². The van der Waals surface area contributed by atoms with Crippen LogP contribution in [0.4, 0.5) is 13.2 Å². The first-order valence-electron chi connectivity index (χ1n) is 14.2. The van der Waals surface area contributed by atoms with Gasteiger partial charge in [0.25, 0.3) is 0 Å². The van der Waals surface area contributed by atoms with Crippen LogP contribution in [0.25, 0.3) is 22.2 Å². The predicted octanol–water partition coefficient (Wildman–Crippen LogP) is 5.19. The summed E-state index contributed by atoms with van der Waals surface area (Å²) in [5.74, 6) is 0. The third-order valence-electron chi connectivity index (χ3n) is 8.54. The summed E-state index contributed by atoms with van der Waals surface area (Å²) in [6.07, 6.45) is 0.298. The Bertz CT molecular complexity index is 1730. The quantitative estimate of drug-likeness (QED) is 0.302. The number of aliphatic hydroxyl groups is 1. The minimum atomic E-state index is -4.47. The first-order valence-corrected chi connectivity index (χ1v) is 16.5. The van der Waals surface area contributed by atoms with Gasteiger partial charge < -0.3 is 14.6 Å². The molecule has 0 spiro atoms. The zero-order chi connectivity index (χ0) is 30.5. The van der Waals surface area contributed by atoms with Crippen molar-refractivity contribution in [2.45, 2.75) is 50.7 Å². The average molecular weight is 636 g/mol. The molecule has 4 aromatic rings. The van der Waals surface area contributed by atoms with Gasteiger partial charge in [0, 0.05) is 78.7 Å². The summed E-state index contributed by atoms with van der Waals surface area (Å²) in [6.45, 7) is 2.63. The van der Waals surface area contributed by atoms with Gasteiger partial charge in [0.2, 0.25) is 10.0 Å². The number of fused-ring (bicyclic) bond motifs is 2. The van der Waals surface area contributed by atoms with Crippen molar-refractivity contribution < 1.29 is 26.7 Å². The van der Waals surface area contributed by atoms with Gasteiger partial charge in [-0.05, 0) is 48.6 Å². The van der Waals surface area contributed by atoms with Crippen LogP contribution in [0, 0.1) is 0 Å². The zero-order valence-corrected chi connectivity index (χ0v) is 25.2. The summed E-state index contributed by atoms with van der Waals surface area (Å²) in [4.78, 5) is 2.23. The fourth-order valence-corrected chi connectivity index (χ4v) is 7.28. The molecular weight excluding hydrogens is 603 g/mol. The summed E-state index contributed by atoms with van der Waals surface area (Å²) in [5, 5.41) is 17.7. The van der Waals surface area contributed by atoms with Gasteiger partial charge in [-0.15, -0.1) is 0 Å². The highest BCUT2D eigenvalue weighted by Crippen LogP contribution is 2.35. The molecule has 2 aliphatic heterocycles. The SMILES string of the molecule is CS(=O)(=O)N1CCc2c(c(-c3ccc(C(F)(F)F)cc3)nn2CC(O)CN2CCC(n3ccc4ccc(Cl)cc43)CC2)C1. The maximum atomic E-state index is 13.2. The van der Waals surface area contributed by atoms with Crippen LogP contribution in [0.1, 0.15) is 35.7 Å². The molecule has 0 aliphatic carbocycles. The number of likely N-dealkylation sites (tertiary alicyclic amines) is 1. The maximum absolute atomic E-state index is 13.2. The van der Waals surface area contributed by atoms with Crippen molar-refractivity contribution in [3.8, 4) is 11.3 Å². The molecule has 0 bridgehead atoms. The molecule has 0 amide bonds. The first kappa shape index (κ1) is 30.1. The van der Waals surface area contributed by atoms with E-state index in [1.807, 2.05) is 18.2 Å². The molecule has 0 saturated carbocycles. The van der Waals surface area contributed by atoms with Gasteiger partial charge >= 0.3 is 6.18 Å². The highest BCUT2D eigenvalue weighted by atomic mass is 35.5. The number of β-amino-alcohol motifs (C(OH)–C–C–N with tert-alkyl or cyclic N) is 1. The number of hydrogen-bond acceptors (Lipinski definition) is 5. The molecule has 43 heavy (non-hydrogen) atoms. The van der Waals surface area contributed by atoms with Crippen LogP contribution >= 0.6 is 11.6 Å². The van der Waals surface area contributed by atoms with Crippen molar-refractivity contribution in [3.05, 3.63) is 76.6 Å².